The van der Waals surface area contributed by atoms with Gasteiger partial charge in [-0.05, 0) is 75.4 Å². The van der Waals surface area contributed by atoms with Crippen molar-refractivity contribution in [3.63, 3.8) is 0 Å². The predicted octanol–water partition coefficient (Wildman–Crippen LogP) is 4.57. The summed E-state index contributed by atoms with van der Waals surface area (Å²) in [5.74, 6) is 0.885. The van der Waals surface area contributed by atoms with Gasteiger partial charge in [-0.1, -0.05) is 38.8 Å². The number of aromatic hydroxyl groups is 1. The molecule has 1 unspecified atom stereocenters. The van der Waals surface area contributed by atoms with Gasteiger partial charge in [0, 0.05) is 20.3 Å². The molecule has 1 aliphatic rings. The van der Waals surface area contributed by atoms with Crippen molar-refractivity contribution >= 4 is 5.91 Å². The van der Waals surface area contributed by atoms with Crippen LogP contribution >= 0.6 is 0 Å². The second-order valence-corrected chi connectivity index (χ2v) is 9.65. The van der Waals surface area contributed by atoms with E-state index in [1.54, 1.807) is 14.2 Å². The number of hydrogen-bond donors (Lipinski definition) is 1. The van der Waals surface area contributed by atoms with E-state index in [1.165, 1.54) is 5.56 Å². The number of carbonyl (C=O) groups is 1. The molecule has 1 fully saturated rings. The van der Waals surface area contributed by atoms with E-state index in [1.807, 2.05) is 17.0 Å². The number of phenolic OH excluding ortho intramolecular Hbond substituents is 1. The van der Waals surface area contributed by atoms with Crippen LogP contribution in [-0.4, -0.2) is 86.8 Å². The lowest BCUT2D eigenvalue weighted by Crippen LogP contribution is -2.44. The molecule has 1 aromatic rings. The van der Waals surface area contributed by atoms with Crippen LogP contribution in [0.5, 0.6) is 5.75 Å². The van der Waals surface area contributed by atoms with Crippen molar-refractivity contribution < 1.29 is 24.1 Å². The highest BCUT2D eigenvalue weighted by atomic mass is 16.7. The summed E-state index contributed by atoms with van der Waals surface area (Å²) in [7, 11) is 3.19. The number of nitrogens with zero attached hydrogens (tertiary/aromatic N) is 2. The zero-order valence-electron chi connectivity index (χ0n) is 22.6. The Kier molecular flexibility index (Phi) is 13.6. The number of piperidine rings is 1. The number of ether oxygens (including phenoxy) is 3. The van der Waals surface area contributed by atoms with Crippen LogP contribution < -0.4 is 0 Å². The summed E-state index contributed by atoms with van der Waals surface area (Å²) < 4.78 is 16.5. The Morgan fingerprint density at radius 3 is 2.51 bits per heavy atom. The van der Waals surface area contributed by atoms with Crippen LogP contribution in [0.4, 0.5) is 0 Å². The number of methoxy groups -OCH3 is 2. The number of phenols is 1. The highest BCUT2D eigenvalue weighted by Gasteiger charge is 2.24. The predicted molar refractivity (Wildman–Crippen MR) is 140 cm³/mol. The molecule has 0 aliphatic carbocycles. The van der Waals surface area contributed by atoms with Crippen LogP contribution in [0, 0.1) is 0 Å². The summed E-state index contributed by atoms with van der Waals surface area (Å²) in [6, 6.07) is 6.07. The third-order valence-corrected chi connectivity index (χ3v) is 7.26. The van der Waals surface area contributed by atoms with Crippen LogP contribution in [0.3, 0.4) is 0 Å². The molecule has 0 saturated carbocycles. The molecule has 35 heavy (non-hydrogen) atoms. The van der Waals surface area contributed by atoms with Crippen LogP contribution in [0.2, 0.25) is 0 Å². The smallest absolute Gasteiger partial charge is 0.225 e. The summed E-state index contributed by atoms with van der Waals surface area (Å²) in [5.41, 5.74) is 2.23. The van der Waals surface area contributed by atoms with Gasteiger partial charge < -0.3 is 29.1 Å². The van der Waals surface area contributed by atoms with Crippen LogP contribution in [0.15, 0.2) is 18.2 Å². The maximum absolute atomic E-state index is 13.0. The van der Waals surface area contributed by atoms with E-state index in [0.29, 0.717) is 37.8 Å². The average molecular weight is 493 g/mol. The Balaban J connectivity index is 1.82. The Morgan fingerprint density at radius 2 is 1.89 bits per heavy atom. The van der Waals surface area contributed by atoms with Gasteiger partial charge >= 0.3 is 0 Å². The quantitative estimate of drug-likeness (QED) is 0.269. The first-order valence-electron chi connectivity index (χ1n) is 13.4. The van der Waals surface area contributed by atoms with E-state index in [0.717, 1.165) is 63.7 Å². The molecule has 200 valence electrons. The van der Waals surface area contributed by atoms with Gasteiger partial charge in [0.25, 0.3) is 0 Å². The van der Waals surface area contributed by atoms with E-state index in [4.69, 9.17) is 14.2 Å². The molecule has 2 rings (SSSR count). The lowest BCUT2D eigenvalue weighted by Gasteiger charge is -2.32. The lowest BCUT2D eigenvalue weighted by atomic mass is 9.87. The Hall–Kier alpha value is -1.67. The number of amides is 1. The number of carbonyl (C=O) groups excluding carboxylic acids is 1. The van der Waals surface area contributed by atoms with Crippen molar-refractivity contribution in [3.8, 4) is 5.75 Å². The summed E-state index contributed by atoms with van der Waals surface area (Å²) in [4.78, 5) is 17.3. The fourth-order valence-electron chi connectivity index (χ4n) is 4.83. The molecule has 1 amide bonds. The lowest BCUT2D eigenvalue weighted by molar-refractivity contribution is -0.150. The molecule has 0 radical (unpaired) electrons. The van der Waals surface area contributed by atoms with Gasteiger partial charge in [0.2, 0.25) is 5.91 Å². The second-order valence-electron chi connectivity index (χ2n) is 9.65. The monoisotopic (exact) mass is 492 g/mol. The number of likely N-dealkylation sites (tertiary alicyclic amines) is 1. The van der Waals surface area contributed by atoms with Gasteiger partial charge in [-0.3, -0.25) is 4.79 Å². The van der Waals surface area contributed by atoms with E-state index in [2.05, 4.69) is 31.7 Å². The van der Waals surface area contributed by atoms with Crippen LogP contribution in [0.25, 0.3) is 0 Å². The van der Waals surface area contributed by atoms with Gasteiger partial charge in [0.05, 0.1) is 26.2 Å². The molecule has 1 saturated heterocycles. The number of benzene rings is 1. The number of hydrogen-bond acceptors (Lipinski definition) is 6. The largest absolute Gasteiger partial charge is 0.508 e. The van der Waals surface area contributed by atoms with Gasteiger partial charge in [-0.25, -0.2) is 0 Å². The van der Waals surface area contributed by atoms with Crippen molar-refractivity contribution in [2.45, 2.75) is 84.0 Å². The van der Waals surface area contributed by atoms with Crippen LogP contribution in [-0.2, 0) is 25.4 Å². The molecule has 1 heterocycles. The van der Waals surface area contributed by atoms with E-state index in [-0.39, 0.29) is 11.9 Å². The van der Waals surface area contributed by atoms with Crippen molar-refractivity contribution in [1.29, 1.82) is 0 Å². The number of rotatable bonds is 16. The first-order chi connectivity index (χ1) is 16.9. The van der Waals surface area contributed by atoms with Gasteiger partial charge in [0.15, 0.2) is 6.29 Å². The molecular weight excluding hydrogens is 444 g/mol. The molecule has 7 nitrogen and oxygen atoms in total. The average Bonchev–Trinajstić information content (AvgIpc) is 2.88. The first-order valence-corrected chi connectivity index (χ1v) is 13.4. The SMILES string of the molecule is CCCCC(C)N(CC(OC)OC)C(=O)CCOCCc1ccc(O)c(C2CCN(CC)CC2)c1. The topological polar surface area (TPSA) is 71.5 Å². The Bertz CT molecular complexity index is 732. The summed E-state index contributed by atoms with van der Waals surface area (Å²) in [6.45, 7) is 11.1. The van der Waals surface area contributed by atoms with Crippen molar-refractivity contribution in [2.75, 3.05) is 53.6 Å². The van der Waals surface area contributed by atoms with E-state index < -0.39 is 6.29 Å². The van der Waals surface area contributed by atoms with Crippen molar-refractivity contribution in [1.82, 2.24) is 9.80 Å². The highest BCUT2D eigenvalue weighted by Crippen LogP contribution is 2.34. The minimum Gasteiger partial charge on any atom is -0.508 e. The highest BCUT2D eigenvalue weighted by molar-refractivity contribution is 5.76. The number of unbranched alkanes of at least 4 members (excludes halogenated alkanes) is 1. The second kappa shape index (κ2) is 16.1. The zero-order valence-corrected chi connectivity index (χ0v) is 22.6. The maximum Gasteiger partial charge on any atom is 0.225 e. The minimum atomic E-state index is -0.429. The first kappa shape index (κ1) is 29.6. The van der Waals surface area contributed by atoms with E-state index >= 15 is 0 Å². The molecule has 1 aliphatic heterocycles. The van der Waals surface area contributed by atoms with Gasteiger partial charge in [0.1, 0.15) is 5.75 Å². The molecular formula is C28H48N2O5. The summed E-state index contributed by atoms with van der Waals surface area (Å²) in [5, 5.41) is 10.4. The standard InChI is InChI=1S/C28H48N2O5/c1-6-8-9-22(3)30(21-28(33-4)34-5)27(32)15-19-35-18-14-23-10-11-26(31)25(20-23)24-12-16-29(7-2)17-13-24/h10-11,20,22,24,28,31H,6-9,12-19,21H2,1-5H3. The molecule has 1 atom stereocenters. The minimum absolute atomic E-state index is 0.0676. The van der Waals surface area contributed by atoms with Gasteiger partial charge in [-0.2, -0.15) is 0 Å². The molecule has 1 N–H and O–H groups in total. The summed E-state index contributed by atoms with van der Waals surface area (Å²) >= 11 is 0. The fourth-order valence-corrected chi connectivity index (χ4v) is 4.83. The molecule has 0 bridgehead atoms. The molecule has 1 aromatic carbocycles. The Morgan fingerprint density at radius 1 is 1.17 bits per heavy atom. The van der Waals surface area contributed by atoms with Crippen LogP contribution in [0.1, 0.15) is 76.3 Å². The van der Waals surface area contributed by atoms with Gasteiger partial charge in [-0.15, -0.1) is 0 Å². The normalized spacial score (nSPS) is 16.1. The summed E-state index contributed by atoms with van der Waals surface area (Å²) in [6.07, 6.45) is 6.00. The molecule has 7 heteroatoms. The van der Waals surface area contributed by atoms with Crippen molar-refractivity contribution in [2.24, 2.45) is 0 Å². The molecule has 0 spiro atoms. The Labute approximate surface area is 212 Å². The zero-order chi connectivity index (χ0) is 25.6. The third kappa shape index (κ3) is 9.71. The van der Waals surface area contributed by atoms with Crippen molar-refractivity contribution in [3.05, 3.63) is 29.3 Å². The third-order valence-electron chi connectivity index (χ3n) is 7.26. The maximum atomic E-state index is 13.0. The fraction of sp³-hybridized carbons (Fsp3) is 0.750. The molecule has 0 aromatic heterocycles. The van der Waals surface area contributed by atoms with E-state index in [9.17, 15) is 9.90 Å².